The largest absolute Gasteiger partial charge is 0.356 e. The number of nitrogens with one attached hydrogen (secondary N) is 1. The van der Waals surface area contributed by atoms with Crippen molar-refractivity contribution < 1.29 is 9.59 Å². The second kappa shape index (κ2) is 5.18. The Labute approximate surface area is 96.4 Å². The third kappa shape index (κ3) is 2.46. The Balaban J connectivity index is 2.78. The third-order valence-electron chi connectivity index (χ3n) is 3.38. The fraction of sp³-hybridized carbons (Fsp3) is 0.818. The number of piperidine rings is 1. The summed E-state index contributed by atoms with van der Waals surface area (Å²) in [4.78, 5) is 24.8. The zero-order valence-electron chi connectivity index (χ0n) is 10.1. The summed E-state index contributed by atoms with van der Waals surface area (Å²) in [6.45, 7) is 5.62. The Bertz CT molecular complexity index is 280. The minimum atomic E-state index is -0.441. The number of likely N-dealkylation sites (tertiary alicyclic amines) is 1. The van der Waals surface area contributed by atoms with Crippen molar-refractivity contribution in [1.29, 1.82) is 0 Å². The van der Waals surface area contributed by atoms with Gasteiger partial charge in [-0.15, -0.1) is 0 Å². The Morgan fingerprint density at radius 3 is 2.62 bits per heavy atom. The van der Waals surface area contributed by atoms with Crippen LogP contribution in [0.15, 0.2) is 0 Å². The molecule has 1 fully saturated rings. The number of nitrogens with zero attached hydrogens (tertiary/aromatic N) is 1. The maximum atomic E-state index is 12.0. The summed E-state index contributed by atoms with van der Waals surface area (Å²) in [5.41, 5.74) is 4.83. The molecule has 1 saturated heterocycles. The number of primary amides is 1. The molecule has 0 radical (unpaired) electrons. The summed E-state index contributed by atoms with van der Waals surface area (Å²) in [7, 11) is 0. The summed E-state index contributed by atoms with van der Waals surface area (Å²) in [6, 6.07) is -0.429. The van der Waals surface area contributed by atoms with Crippen LogP contribution in [0.3, 0.4) is 0 Å². The van der Waals surface area contributed by atoms with E-state index < -0.39 is 11.4 Å². The number of carbonyl (C=O) groups excluding carboxylic acids is 2. The standard InChI is InChI=1S/C11H21N3O2/c1-3-11(9(15)13-4-2)6-5-7-14(8-11)10(12)16/h3-8H2,1-2H3,(H2,12,16)(H,13,15). The Morgan fingerprint density at radius 2 is 2.12 bits per heavy atom. The number of hydrogen-bond acceptors (Lipinski definition) is 2. The molecule has 92 valence electrons. The van der Waals surface area contributed by atoms with Gasteiger partial charge < -0.3 is 16.0 Å². The van der Waals surface area contributed by atoms with Crippen LogP contribution in [0.2, 0.25) is 0 Å². The molecule has 3 N–H and O–H groups in total. The smallest absolute Gasteiger partial charge is 0.314 e. The average Bonchev–Trinajstić information content (AvgIpc) is 2.29. The highest BCUT2D eigenvalue weighted by Crippen LogP contribution is 2.33. The predicted molar refractivity (Wildman–Crippen MR) is 61.8 cm³/mol. The monoisotopic (exact) mass is 227 g/mol. The lowest BCUT2D eigenvalue weighted by atomic mass is 9.76. The highest BCUT2D eigenvalue weighted by molar-refractivity contribution is 5.84. The van der Waals surface area contributed by atoms with Gasteiger partial charge in [-0.2, -0.15) is 0 Å². The van der Waals surface area contributed by atoms with Crippen molar-refractivity contribution >= 4 is 11.9 Å². The van der Waals surface area contributed by atoms with Gasteiger partial charge in [0.1, 0.15) is 0 Å². The van der Waals surface area contributed by atoms with E-state index in [2.05, 4.69) is 5.32 Å². The van der Waals surface area contributed by atoms with Gasteiger partial charge in [-0.25, -0.2) is 4.79 Å². The normalized spacial score (nSPS) is 25.2. The SMILES string of the molecule is CCNC(=O)C1(CC)CCCN(C(N)=O)C1. The van der Waals surface area contributed by atoms with E-state index in [1.807, 2.05) is 13.8 Å². The third-order valence-corrected chi connectivity index (χ3v) is 3.38. The number of urea groups is 1. The Morgan fingerprint density at radius 1 is 1.44 bits per heavy atom. The van der Waals surface area contributed by atoms with E-state index in [9.17, 15) is 9.59 Å². The van der Waals surface area contributed by atoms with Crippen molar-refractivity contribution in [3.05, 3.63) is 0 Å². The molecule has 0 aliphatic carbocycles. The minimum Gasteiger partial charge on any atom is -0.356 e. The highest BCUT2D eigenvalue weighted by Gasteiger charge is 2.41. The van der Waals surface area contributed by atoms with Crippen LogP contribution in [-0.4, -0.2) is 36.5 Å². The van der Waals surface area contributed by atoms with E-state index in [4.69, 9.17) is 5.73 Å². The molecule has 1 aliphatic heterocycles. The second-order valence-corrected chi connectivity index (χ2v) is 4.36. The minimum absolute atomic E-state index is 0.0449. The van der Waals surface area contributed by atoms with Gasteiger partial charge in [0.25, 0.3) is 0 Å². The van der Waals surface area contributed by atoms with Crippen LogP contribution >= 0.6 is 0 Å². The molecule has 1 unspecified atom stereocenters. The molecule has 0 bridgehead atoms. The van der Waals surface area contributed by atoms with Crippen LogP contribution < -0.4 is 11.1 Å². The van der Waals surface area contributed by atoms with Gasteiger partial charge in [-0.05, 0) is 26.2 Å². The zero-order chi connectivity index (χ0) is 12.2. The number of carbonyl (C=O) groups is 2. The molecular weight excluding hydrogens is 206 g/mol. The second-order valence-electron chi connectivity index (χ2n) is 4.36. The lowest BCUT2D eigenvalue weighted by Crippen LogP contribution is -2.54. The van der Waals surface area contributed by atoms with Crippen molar-refractivity contribution in [2.24, 2.45) is 11.1 Å². The fourth-order valence-electron chi connectivity index (χ4n) is 2.30. The van der Waals surface area contributed by atoms with E-state index in [0.29, 0.717) is 19.6 Å². The zero-order valence-corrected chi connectivity index (χ0v) is 10.1. The Kier molecular flexibility index (Phi) is 4.15. The van der Waals surface area contributed by atoms with Crippen LogP contribution in [0.4, 0.5) is 4.79 Å². The Hall–Kier alpha value is -1.26. The average molecular weight is 227 g/mol. The molecule has 3 amide bonds. The van der Waals surface area contributed by atoms with Gasteiger partial charge in [0.15, 0.2) is 0 Å². The molecule has 1 aliphatic rings. The predicted octanol–water partition coefficient (Wildman–Crippen LogP) is 0.693. The van der Waals surface area contributed by atoms with Crippen molar-refractivity contribution in [3.63, 3.8) is 0 Å². The van der Waals surface area contributed by atoms with Gasteiger partial charge in [0.05, 0.1) is 5.41 Å². The first-order valence-corrected chi connectivity index (χ1v) is 5.88. The van der Waals surface area contributed by atoms with Crippen molar-refractivity contribution in [2.45, 2.75) is 33.1 Å². The molecule has 0 aromatic heterocycles. The summed E-state index contributed by atoms with van der Waals surface area (Å²) in [5, 5.41) is 2.85. The van der Waals surface area contributed by atoms with Crippen LogP contribution in [0.5, 0.6) is 0 Å². The van der Waals surface area contributed by atoms with E-state index in [1.165, 1.54) is 0 Å². The maximum absolute atomic E-state index is 12.0. The molecule has 0 aromatic rings. The summed E-state index contributed by atoms with van der Waals surface area (Å²) in [6.07, 6.45) is 2.41. The molecule has 1 rings (SSSR count). The number of nitrogens with two attached hydrogens (primary N) is 1. The molecule has 5 nitrogen and oxygen atoms in total. The van der Waals surface area contributed by atoms with E-state index in [1.54, 1.807) is 4.90 Å². The highest BCUT2D eigenvalue weighted by atomic mass is 16.2. The molecule has 1 heterocycles. The van der Waals surface area contributed by atoms with Gasteiger partial charge in [-0.3, -0.25) is 4.79 Å². The fourth-order valence-corrected chi connectivity index (χ4v) is 2.30. The quantitative estimate of drug-likeness (QED) is 0.744. The first-order chi connectivity index (χ1) is 7.55. The number of rotatable bonds is 3. The van der Waals surface area contributed by atoms with Crippen LogP contribution in [-0.2, 0) is 4.79 Å². The molecule has 5 heteroatoms. The van der Waals surface area contributed by atoms with Gasteiger partial charge in [0.2, 0.25) is 5.91 Å². The number of hydrogen-bond donors (Lipinski definition) is 2. The van der Waals surface area contributed by atoms with Crippen molar-refractivity contribution in [2.75, 3.05) is 19.6 Å². The maximum Gasteiger partial charge on any atom is 0.314 e. The van der Waals surface area contributed by atoms with Gasteiger partial charge in [0, 0.05) is 19.6 Å². The van der Waals surface area contributed by atoms with E-state index in [0.717, 1.165) is 19.3 Å². The molecule has 0 spiro atoms. The molecular formula is C11H21N3O2. The summed E-state index contributed by atoms with van der Waals surface area (Å²) >= 11 is 0. The van der Waals surface area contributed by atoms with Gasteiger partial charge >= 0.3 is 6.03 Å². The first-order valence-electron chi connectivity index (χ1n) is 5.88. The lowest BCUT2D eigenvalue weighted by molar-refractivity contribution is -0.133. The van der Waals surface area contributed by atoms with Crippen molar-refractivity contribution in [1.82, 2.24) is 10.2 Å². The van der Waals surface area contributed by atoms with Crippen molar-refractivity contribution in [3.8, 4) is 0 Å². The van der Waals surface area contributed by atoms with Crippen LogP contribution in [0.25, 0.3) is 0 Å². The topological polar surface area (TPSA) is 75.4 Å². The van der Waals surface area contributed by atoms with Crippen LogP contribution in [0.1, 0.15) is 33.1 Å². The lowest BCUT2D eigenvalue weighted by Gasteiger charge is -2.40. The van der Waals surface area contributed by atoms with Crippen LogP contribution in [0, 0.1) is 5.41 Å². The summed E-state index contributed by atoms with van der Waals surface area (Å²) < 4.78 is 0. The van der Waals surface area contributed by atoms with E-state index >= 15 is 0 Å². The molecule has 1 atom stereocenters. The first kappa shape index (κ1) is 12.8. The summed E-state index contributed by atoms with van der Waals surface area (Å²) in [5.74, 6) is 0.0449. The molecule has 16 heavy (non-hydrogen) atoms. The molecule has 0 saturated carbocycles. The number of amides is 3. The van der Waals surface area contributed by atoms with E-state index in [-0.39, 0.29) is 5.91 Å². The van der Waals surface area contributed by atoms with Gasteiger partial charge in [-0.1, -0.05) is 6.92 Å². The molecule has 0 aromatic carbocycles.